The van der Waals surface area contributed by atoms with E-state index in [4.69, 9.17) is 9.47 Å². The molecule has 0 radical (unpaired) electrons. The summed E-state index contributed by atoms with van der Waals surface area (Å²) in [5, 5.41) is 0.964. The molecule has 0 spiro atoms. The number of nitrogens with one attached hydrogen (secondary N) is 1. The zero-order valence-electron chi connectivity index (χ0n) is 21.9. The summed E-state index contributed by atoms with van der Waals surface area (Å²) in [5.74, 6) is -0.0208. The van der Waals surface area contributed by atoms with Crippen LogP contribution in [0.1, 0.15) is 42.0 Å². The number of likely N-dealkylation sites (tertiary alicyclic amines) is 2. The lowest BCUT2D eigenvalue weighted by Gasteiger charge is -2.43. The van der Waals surface area contributed by atoms with E-state index >= 15 is 0 Å². The molecule has 4 heterocycles. The Balaban J connectivity index is 1.23. The van der Waals surface area contributed by atoms with E-state index in [1.165, 1.54) is 16.2 Å². The third-order valence-electron chi connectivity index (χ3n) is 9.58. The number of rotatable bonds is 5. The van der Waals surface area contributed by atoms with E-state index in [1.807, 2.05) is 18.2 Å². The van der Waals surface area contributed by atoms with Crippen LogP contribution in [-0.4, -0.2) is 71.6 Å². The van der Waals surface area contributed by atoms with Crippen LogP contribution in [0.4, 0.5) is 0 Å². The first-order valence-electron chi connectivity index (χ1n) is 13.7. The van der Waals surface area contributed by atoms with Crippen LogP contribution in [0, 0.1) is 29.6 Å². The Morgan fingerprint density at radius 3 is 2.44 bits per heavy atom. The van der Waals surface area contributed by atoms with Crippen LogP contribution in [0.2, 0.25) is 0 Å². The van der Waals surface area contributed by atoms with E-state index in [-0.39, 0.29) is 64.0 Å². The molecule has 1 aromatic heterocycles. The highest BCUT2D eigenvalue weighted by Crippen LogP contribution is 2.68. The summed E-state index contributed by atoms with van der Waals surface area (Å²) in [7, 11) is 3.20. The maximum atomic E-state index is 13.8. The molecule has 9 nitrogen and oxygen atoms in total. The smallest absolute Gasteiger partial charge is 0.305 e. The number of imide groups is 1. The predicted octanol–water partition coefficient (Wildman–Crippen LogP) is 2.94. The number of carbonyl (C=O) groups is 3. The van der Waals surface area contributed by atoms with Crippen molar-refractivity contribution >= 4 is 40.8 Å². The van der Waals surface area contributed by atoms with Crippen molar-refractivity contribution in [2.75, 3.05) is 33.9 Å². The van der Waals surface area contributed by atoms with Crippen LogP contribution in [0.15, 0.2) is 28.0 Å². The van der Waals surface area contributed by atoms with Gasteiger partial charge in [-0.15, -0.1) is 11.8 Å². The van der Waals surface area contributed by atoms with Gasteiger partial charge in [-0.05, 0) is 61.1 Å². The summed E-state index contributed by atoms with van der Waals surface area (Å²) < 4.78 is 11.1. The number of carbonyl (C=O) groups excluding carboxylic acids is 3. The molecule has 3 aliphatic heterocycles. The monoisotopic (exact) mass is 569 g/mol. The second kappa shape index (κ2) is 9.40. The number of aromatic nitrogens is 1. The van der Waals surface area contributed by atoms with Crippen molar-refractivity contribution in [3.05, 3.63) is 38.3 Å². The molecule has 7 atom stereocenters. The maximum Gasteiger partial charge on any atom is 0.305 e. The lowest BCUT2D eigenvalue weighted by Crippen LogP contribution is -2.45. The number of amides is 3. The number of ether oxygens (including phenoxy) is 2. The zero-order valence-corrected chi connectivity index (χ0v) is 23.5. The number of methoxy groups -OCH3 is 2. The number of nitrogens with zero attached hydrogens (tertiary/aromatic N) is 2. The molecule has 206 valence electrons. The van der Waals surface area contributed by atoms with Gasteiger partial charge >= 0.3 is 4.87 Å². The lowest BCUT2D eigenvalue weighted by atomic mass is 9.68. The molecule has 2 saturated heterocycles. The number of benzene rings is 1. The number of aromatic amines is 1. The van der Waals surface area contributed by atoms with Crippen LogP contribution in [0.3, 0.4) is 0 Å². The Bertz CT molecular complexity index is 1410. The Morgan fingerprint density at radius 1 is 1.00 bits per heavy atom. The fourth-order valence-electron chi connectivity index (χ4n) is 8.03. The van der Waals surface area contributed by atoms with Gasteiger partial charge in [-0.1, -0.05) is 17.4 Å². The second-order valence-electron chi connectivity index (χ2n) is 11.3. The molecule has 1 aromatic carbocycles. The minimum Gasteiger partial charge on any atom is -0.493 e. The number of hydrogen-bond acceptors (Lipinski definition) is 8. The van der Waals surface area contributed by atoms with Crippen molar-refractivity contribution in [3.63, 3.8) is 0 Å². The highest BCUT2D eigenvalue weighted by Gasteiger charge is 2.69. The molecule has 2 bridgehead atoms. The van der Waals surface area contributed by atoms with Crippen molar-refractivity contribution in [2.45, 2.75) is 41.9 Å². The molecular formula is C28H31N3O6S2. The summed E-state index contributed by atoms with van der Waals surface area (Å²) in [5.41, 5.74) is 1.01. The number of hydrogen-bond donors (Lipinski definition) is 1. The zero-order chi connectivity index (χ0) is 27.0. The largest absolute Gasteiger partial charge is 0.493 e. The van der Waals surface area contributed by atoms with E-state index in [2.05, 4.69) is 4.98 Å². The Labute approximate surface area is 234 Å². The SMILES string of the molecule is COc1ccc(C2c3sc(=O)[nH]c3SC3C4CC(C5C(=O)N(CC(=O)N6CCCCC6)C(=O)C45)C23)cc1OC. The average Bonchev–Trinajstić information content (AvgIpc) is 3.69. The first-order valence-corrected chi connectivity index (χ1v) is 15.4. The normalized spacial score (nSPS) is 32.7. The third-order valence-corrected chi connectivity index (χ3v) is 12.2. The van der Waals surface area contributed by atoms with Gasteiger partial charge in [-0.3, -0.25) is 24.1 Å². The van der Waals surface area contributed by atoms with Gasteiger partial charge in [0, 0.05) is 29.1 Å². The first kappa shape index (κ1) is 25.2. The van der Waals surface area contributed by atoms with Crippen molar-refractivity contribution in [1.29, 1.82) is 0 Å². The molecule has 1 N–H and O–H groups in total. The summed E-state index contributed by atoms with van der Waals surface area (Å²) in [6, 6.07) is 5.87. The quantitative estimate of drug-likeness (QED) is 0.552. The van der Waals surface area contributed by atoms with Gasteiger partial charge in [-0.25, -0.2) is 0 Å². The highest BCUT2D eigenvalue weighted by atomic mass is 32.2. The Morgan fingerprint density at radius 2 is 1.72 bits per heavy atom. The second-order valence-corrected chi connectivity index (χ2v) is 13.5. The molecule has 2 saturated carbocycles. The van der Waals surface area contributed by atoms with E-state index in [9.17, 15) is 19.2 Å². The van der Waals surface area contributed by atoms with Gasteiger partial charge in [0.05, 0.1) is 31.1 Å². The lowest BCUT2D eigenvalue weighted by molar-refractivity contribution is -0.147. The van der Waals surface area contributed by atoms with Crippen molar-refractivity contribution < 1.29 is 23.9 Å². The Kier molecular flexibility index (Phi) is 6.07. The summed E-state index contributed by atoms with van der Waals surface area (Å²) >= 11 is 2.89. The molecule has 2 aliphatic carbocycles. The predicted molar refractivity (Wildman–Crippen MR) is 145 cm³/mol. The van der Waals surface area contributed by atoms with Gasteiger partial charge in [0.1, 0.15) is 6.54 Å². The molecule has 2 aromatic rings. The summed E-state index contributed by atoms with van der Waals surface area (Å²) in [4.78, 5) is 59.9. The van der Waals surface area contributed by atoms with Crippen LogP contribution in [0.25, 0.3) is 0 Å². The van der Waals surface area contributed by atoms with Crippen molar-refractivity contribution in [2.24, 2.45) is 29.6 Å². The Hall–Kier alpha value is -2.79. The molecule has 3 amide bonds. The molecule has 7 unspecified atom stereocenters. The van der Waals surface area contributed by atoms with Gasteiger partial charge in [0.15, 0.2) is 11.5 Å². The van der Waals surface area contributed by atoms with Crippen LogP contribution in [0.5, 0.6) is 11.5 Å². The summed E-state index contributed by atoms with van der Waals surface area (Å²) in [6.45, 7) is 1.25. The van der Waals surface area contributed by atoms with Crippen LogP contribution >= 0.6 is 23.1 Å². The minimum atomic E-state index is -0.404. The fourth-order valence-corrected chi connectivity index (χ4v) is 10.9. The van der Waals surface area contributed by atoms with Crippen LogP contribution in [-0.2, 0) is 14.4 Å². The molecule has 7 rings (SSSR count). The van der Waals surface area contributed by atoms with Gasteiger partial charge in [-0.2, -0.15) is 0 Å². The fraction of sp³-hybridized carbons (Fsp3) is 0.571. The molecule has 5 aliphatic rings. The van der Waals surface area contributed by atoms with Crippen LogP contribution < -0.4 is 14.3 Å². The molecule has 11 heteroatoms. The van der Waals surface area contributed by atoms with E-state index in [0.717, 1.165) is 41.1 Å². The summed E-state index contributed by atoms with van der Waals surface area (Å²) in [6.07, 6.45) is 3.85. The van der Waals surface area contributed by atoms with E-state index < -0.39 is 5.92 Å². The first-order chi connectivity index (χ1) is 18.9. The molecule has 4 fully saturated rings. The molecular weight excluding hydrogens is 538 g/mol. The third kappa shape index (κ3) is 3.72. The van der Waals surface area contributed by atoms with Gasteiger partial charge in [0.25, 0.3) is 0 Å². The van der Waals surface area contributed by atoms with Gasteiger partial charge < -0.3 is 19.4 Å². The van der Waals surface area contributed by atoms with Crippen molar-refractivity contribution in [1.82, 2.24) is 14.8 Å². The number of piperidine rings is 1. The minimum absolute atomic E-state index is 0.00693. The average molecular weight is 570 g/mol. The number of H-pyrrole nitrogens is 1. The molecule has 39 heavy (non-hydrogen) atoms. The number of fused-ring (bicyclic) bond motifs is 9. The van der Waals surface area contributed by atoms with Crippen molar-refractivity contribution in [3.8, 4) is 11.5 Å². The standard InChI is InChI=1S/C28H31N3O6S2/c1-36-16-7-6-13(10-17(16)37-2)19-20-14-11-15(23(20)38-25-24(19)39-28(35)29-25)22-21(14)26(33)31(27(22)34)12-18(32)30-8-4-3-5-9-30/h6-7,10,14-15,19-23H,3-5,8-9,11-12H2,1-2H3,(H,29,35). The highest BCUT2D eigenvalue weighted by molar-refractivity contribution is 8.00. The number of thiazole rings is 1. The topological polar surface area (TPSA) is 109 Å². The van der Waals surface area contributed by atoms with E-state index in [1.54, 1.807) is 30.9 Å². The van der Waals surface area contributed by atoms with Gasteiger partial charge in [0.2, 0.25) is 17.7 Å². The number of thioether (sulfide) groups is 1. The maximum absolute atomic E-state index is 13.8. The van der Waals surface area contributed by atoms with E-state index in [0.29, 0.717) is 24.6 Å².